The van der Waals surface area contributed by atoms with E-state index in [9.17, 15) is 14.4 Å². The van der Waals surface area contributed by atoms with Crippen molar-refractivity contribution in [2.24, 2.45) is 0 Å². The molecule has 0 spiro atoms. The van der Waals surface area contributed by atoms with E-state index in [2.05, 4.69) is 4.90 Å². The van der Waals surface area contributed by atoms with E-state index in [0.717, 1.165) is 68.9 Å². The fourth-order valence-electron chi connectivity index (χ4n) is 5.42. The van der Waals surface area contributed by atoms with Gasteiger partial charge in [-0.05, 0) is 30.2 Å². The smallest absolute Gasteiger partial charge is 0.254 e. The minimum Gasteiger partial charge on any atom is -0.342 e. The van der Waals surface area contributed by atoms with Crippen molar-refractivity contribution in [1.82, 2.24) is 19.6 Å². The summed E-state index contributed by atoms with van der Waals surface area (Å²) in [7, 11) is 0. The van der Waals surface area contributed by atoms with E-state index in [4.69, 9.17) is 0 Å². The Kier molecular flexibility index (Phi) is 6.37. The number of nitrogens with zero attached hydrogens (tertiary/aromatic N) is 4. The molecule has 0 bridgehead atoms. The Balaban J connectivity index is 1.15. The van der Waals surface area contributed by atoms with Crippen molar-refractivity contribution < 1.29 is 14.4 Å². The average Bonchev–Trinajstić information content (AvgIpc) is 3.34. The third kappa shape index (κ3) is 4.44. The second-order valence-corrected chi connectivity index (χ2v) is 9.60. The van der Waals surface area contributed by atoms with Crippen molar-refractivity contribution in [2.75, 3.05) is 52.4 Å². The molecule has 3 aliphatic rings. The number of carbonyl (C=O) groups is 3. The van der Waals surface area contributed by atoms with Gasteiger partial charge in [0.2, 0.25) is 5.91 Å². The van der Waals surface area contributed by atoms with Gasteiger partial charge in [0.1, 0.15) is 0 Å². The van der Waals surface area contributed by atoms with Crippen molar-refractivity contribution in [2.45, 2.75) is 25.3 Å². The Morgan fingerprint density at radius 2 is 1.38 bits per heavy atom. The molecule has 178 valence electrons. The fraction of sp³-hybridized carbons (Fsp3) is 0.444. The average molecular weight is 461 g/mol. The number of hydrogen-bond donors (Lipinski definition) is 0. The van der Waals surface area contributed by atoms with Crippen LogP contribution in [0.2, 0.25) is 0 Å². The maximum absolute atomic E-state index is 13.3. The van der Waals surface area contributed by atoms with E-state index in [0.29, 0.717) is 12.6 Å². The molecule has 0 N–H and O–H groups in total. The summed E-state index contributed by atoms with van der Waals surface area (Å²) in [6.07, 6.45) is 0.901. The summed E-state index contributed by atoms with van der Waals surface area (Å²) in [5, 5.41) is 0. The van der Waals surface area contributed by atoms with Crippen LogP contribution in [-0.2, 0) is 4.79 Å². The molecule has 3 fully saturated rings. The molecule has 34 heavy (non-hydrogen) atoms. The topological polar surface area (TPSA) is 64.2 Å². The maximum Gasteiger partial charge on any atom is 0.254 e. The molecule has 7 heteroatoms. The van der Waals surface area contributed by atoms with Crippen molar-refractivity contribution >= 4 is 17.7 Å². The Morgan fingerprint density at radius 3 is 2.06 bits per heavy atom. The zero-order chi connectivity index (χ0) is 23.7. The molecular formula is C27H32N4O3. The number of likely N-dealkylation sites (tertiary alicyclic amines) is 2. The zero-order valence-corrected chi connectivity index (χ0v) is 19.7. The normalized spacial score (nSPS) is 21.4. The number of hydrogen-bond acceptors (Lipinski definition) is 4. The molecule has 0 radical (unpaired) electrons. The first kappa shape index (κ1) is 22.6. The van der Waals surface area contributed by atoms with Gasteiger partial charge in [-0.3, -0.25) is 19.3 Å². The van der Waals surface area contributed by atoms with Crippen LogP contribution >= 0.6 is 0 Å². The van der Waals surface area contributed by atoms with Gasteiger partial charge in [0.15, 0.2) is 0 Å². The molecule has 0 aromatic heterocycles. The Bertz CT molecular complexity index is 1060. The van der Waals surface area contributed by atoms with Crippen LogP contribution in [0.4, 0.5) is 0 Å². The lowest BCUT2D eigenvalue weighted by Gasteiger charge is -2.48. The van der Waals surface area contributed by atoms with Crippen molar-refractivity contribution in [3.8, 4) is 0 Å². The first-order valence-electron chi connectivity index (χ1n) is 12.2. The number of rotatable bonds is 4. The van der Waals surface area contributed by atoms with E-state index in [1.54, 1.807) is 6.92 Å². The minimum atomic E-state index is 0.0889. The summed E-state index contributed by atoms with van der Waals surface area (Å²) in [6.45, 7) is 7.62. The van der Waals surface area contributed by atoms with Gasteiger partial charge in [-0.15, -0.1) is 0 Å². The molecule has 5 rings (SSSR count). The standard InChI is InChI=1S/C27H32N4O3/c1-20(32)30-12-11-22(17-30)24-9-5-6-10-25(24)27(34)31-18-23(19-31)28-13-15-29(16-14-28)26(33)21-7-3-2-4-8-21/h2-10,22-23H,11-19H2,1H3/t22-/m1/s1. The first-order chi connectivity index (χ1) is 16.5. The quantitative estimate of drug-likeness (QED) is 0.703. The van der Waals surface area contributed by atoms with Crippen LogP contribution in [0.1, 0.15) is 45.5 Å². The van der Waals surface area contributed by atoms with Gasteiger partial charge in [0.25, 0.3) is 11.8 Å². The van der Waals surface area contributed by atoms with Crippen LogP contribution in [0.15, 0.2) is 54.6 Å². The third-order valence-corrected chi connectivity index (χ3v) is 7.55. The largest absolute Gasteiger partial charge is 0.342 e. The molecule has 3 saturated heterocycles. The lowest BCUT2D eigenvalue weighted by molar-refractivity contribution is -0.127. The van der Waals surface area contributed by atoms with Gasteiger partial charge in [0, 0.05) is 82.4 Å². The van der Waals surface area contributed by atoms with Crippen LogP contribution < -0.4 is 0 Å². The Morgan fingerprint density at radius 1 is 0.706 bits per heavy atom. The van der Waals surface area contributed by atoms with E-state index >= 15 is 0 Å². The molecule has 7 nitrogen and oxygen atoms in total. The van der Waals surface area contributed by atoms with Crippen molar-refractivity contribution in [3.63, 3.8) is 0 Å². The summed E-state index contributed by atoms with van der Waals surface area (Å²) in [5.74, 6) is 0.502. The molecular weight excluding hydrogens is 428 g/mol. The monoisotopic (exact) mass is 460 g/mol. The first-order valence-corrected chi connectivity index (χ1v) is 12.2. The van der Waals surface area contributed by atoms with Crippen LogP contribution in [0.5, 0.6) is 0 Å². The molecule has 0 aliphatic carbocycles. The minimum absolute atomic E-state index is 0.0889. The van der Waals surface area contributed by atoms with Crippen LogP contribution in [0.3, 0.4) is 0 Å². The summed E-state index contributed by atoms with van der Waals surface area (Å²) >= 11 is 0. The predicted molar refractivity (Wildman–Crippen MR) is 130 cm³/mol. The highest BCUT2D eigenvalue weighted by atomic mass is 16.2. The Labute approximate surface area is 200 Å². The van der Waals surface area contributed by atoms with Crippen LogP contribution in [0.25, 0.3) is 0 Å². The van der Waals surface area contributed by atoms with E-state index in [1.165, 1.54) is 0 Å². The molecule has 1 atom stereocenters. The summed E-state index contributed by atoms with van der Waals surface area (Å²) in [4.78, 5) is 45.9. The number of carbonyl (C=O) groups excluding carboxylic acids is 3. The second-order valence-electron chi connectivity index (χ2n) is 9.60. The summed E-state index contributed by atoms with van der Waals surface area (Å²) < 4.78 is 0. The van der Waals surface area contributed by atoms with E-state index in [-0.39, 0.29) is 23.6 Å². The number of amides is 3. The third-order valence-electron chi connectivity index (χ3n) is 7.55. The van der Waals surface area contributed by atoms with Crippen molar-refractivity contribution in [3.05, 3.63) is 71.3 Å². The summed E-state index contributed by atoms with van der Waals surface area (Å²) in [5.41, 5.74) is 2.58. The van der Waals surface area contributed by atoms with Gasteiger partial charge in [-0.25, -0.2) is 0 Å². The molecule has 2 aromatic rings. The Hall–Kier alpha value is -3.19. The predicted octanol–water partition coefficient (Wildman–Crippen LogP) is 2.30. The zero-order valence-electron chi connectivity index (χ0n) is 19.7. The molecule has 0 unspecified atom stereocenters. The highest BCUT2D eigenvalue weighted by Gasteiger charge is 2.38. The van der Waals surface area contributed by atoms with Gasteiger partial charge >= 0.3 is 0 Å². The SMILES string of the molecule is CC(=O)N1CC[C@@H](c2ccccc2C(=O)N2CC(N3CCN(C(=O)c4ccccc4)CC3)C2)C1. The number of benzene rings is 2. The van der Waals surface area contributed by atoms with Gasteiger partial charge in [-0.1, -0.05) is 36.4 Å². The van der Waals surface area contributed by atoms with Gasteiger partial charge < -0.3 is 14.7 Å². The molecule has 3 amide bonds. The fourth-order valence-corrected chi connectivity index (χ4v) is 5.42. The molecule has 0 saturated carbocycles. The lowest BCUT2D eigenvalue weighted by atomic mass is 9.92. The van der Waals surface area contributed by atoms with E-state index < -0.39 is 0 Å². The van der Waals surface area contributed by atoms with Crippen molar-refractivity contribution in [1.29, 1.82) is 0 Å². The highest BCUT2D eigenvalue weighted by molar-refractivity contribution is 5.96. The van der Waals surface area contributed by atoms with Gasteiger partial charge in [0.05, 0.1) is 0 Å². The van der Waals surface area contributed by atoms with Crippen LogP contribution in [0, 0.1) is 0 Å². The summed E-state index contributed by atoms with van der Waals surface area (Å²) in [6, 6.07) is 17.7. The lowest BCUT2D eigenvalue weighted by Crippen LogP contribution is -2.64. The number of piperazine rings is 1. The van der Waals surface area contributed by atoms with Gasteiger partial charge in [-0.2, -0.15) is 0 Å². The molecule has 3 aliphatic heterocycles. The maximum atomic E-state index is 13.3. The highest BCUT2D eigenvalue weighted by Crippen LogP contribution is 2.31. The molecule has 3 heterocycles. The van der Waals surface area contributed by atoms with Crippen LogP contribution in [-0.4, -0.2) is 95.7 Å². The second kappa shape index (κ2) is 9.58. The van der Waals surface area contributed by atoms with E-state index in [1.807, 2.05) is 69.3 Å². The molecule has 2 aromatic carbocycles.